The van der Waals surface area contributed by atoms with E-state index in [1.54, 1.807) is 0 Å². The highest BCUT2D eigenvalue weighted by molar-refractivity contribution is 4.84. The molecule has 0 atom stereocenters. The van der Waals surface area contributed by atoms with Crippen LogP contribution in [-0.2, 0) is 4.74 Å². The fourth-order valence-corrected chi connectivity index (χ4v) is 3.10. The minimum absolute atomic E-state index is 0.110. The summed E-state index contributed by atoms with van der Waals surface area (Å²) >= 11 is 0. The molecular formula is C16H32O2. The van der Waals surface area contributed by atoms with Crippen LogP contribution in [-0.4, -0.2) is 23.9 Å². The summed E-state index contributed by atoms with van der Waals surface area (Å²) in [5.41, 5.74) is 0.110. The first-order valence-corrected chi connectivity index (χ1v) is 7.93. The number of hydrogen-bond donors (Lipinski definition) is 1. The Morgan fingerprint density at radius 1 is 1.06 bits per heavy atom. The van der Waals surface area contributed by atoms with E-state index >= 15 is 0 Å². The third-order valence-corrected chi connectivity index (χ3v) is 4.18. The molecule has 0 saturated heterocycles. The summed E-state index contributed by atoms with van der Waals surface area (Å²) < 4.78 is 6.00. The van der Waals surface area contributed by atoms with Crippen LogP contribution in [0.2, 0.25) is 0 Å². The highest BCUT2D eigenvalue weighted by Gasteiger charge is 2.31. The van der Waals surface area contributed by atoms with E-state index in [9.17, 15) is 0 Å². The molecule has 108 valence electrons. The first-order valence-electron chi connectivity index (χ1n) is 7.93. The molecule has 2 heteroatoms. The molecule has 1 rings (SSSR count). The summed E-state index contributed by atoms with van der Waals surface area (Å²) in [5.74, 6) is 0.833. The maximum absolute atomic E-state index is 8.96. The van der Waals surface area contributed by atoms with Crippen LogP contribution >= 0.6 is 0 Å². The molecule has 0 bridgehead atoms. The summed E-state index contributed by atoms with van der Waals surface area (Å²) in [6, 6.07) is 0. The van der Waals surface area contributed by atoms with Gasteiger partial charge in [0.05, 0.1) is 18.8 Å². The average Bonchev–Trinajstić information content (AvgIpc) is 2.37. The third-order valence-electron chi connectivity index (χ3n) is 4.18. The molecular weight excluding hydrogens is 224 g/mol. The minimum atomic E-state index is 0.110. The standard InChI is InChI=1S/C16H32O2/c1-15(2)9-5-3-6-10-16(18-14-13-17)11-7-4-8-12-16/h15,17H,3-14H2,1-2H3. The van der Waals surface area contributed by atoms with Gasteiger partial charge in [0.15, 0.2) is 0 Å². The number of ether oxygens (including phenoxy) is 1. The molecule has 1 N–H and O–H groups in total. The number of aliphatic hydroxyl groups is 1. The van der Waals surface area contributed by atoms with Gasteiger partial charge in [-0.3, -0.25) is 0 Å². The number of unbranched alkanes of at least 4 members (excludes halogenated alkanes) is 2. The Balaban J connectivity index is 2.23. The first-order chi connectivity index (χ1) is 8.68. The fourth-order valence-electron chi connectivity index (χ4n) is 3.10. The number of rotatable bonds is 9. The van der Waals surface area contributed by atoms with E-state index in [4.69, 9.17) is 9.84 Å². The van der Waals surface area contributed by atoms with Crippen molar-refractivity contribution < 1.29 is 9.84 Å². The highest BCUT2D eigenvalue weighted by atomic mass is 16.5. The van der Waals surface area contributed by atoms with Gasteiger partial charge in [-0.25, -0.2) is 0 Å². The molecule has 0 radical (unpaired) electrons. The van der Waals surface area contributed by atoms with Gasteiger partial charge in [-0.1, -0.05) is 58.8 Å². The second kappa shape index (κ2) is 8.92. The molecule has 0 aromatic rings. The smallest absolute Gasteiger partial charge is 0.0705 e. The van der Waals surface area contributed by atoms with Gasteiger partial charge in [-0.2, -0.15) is 0 Å². The highest BCUT2D eigenvalue weighted by Crippen LogP contribution is 2.36. The SMILES string of the molecule is CC(C)CCCCCC1(OCCO)CCCCC1. The average molecular weight is 256 g/mol. The second-order valence-electron chi connectivity index (χ2n) is 6.31. The van der Waals surface area contributed by atoms with Crippen molar-refractivity contribution in [2.24, 2.45) is 5.92 Å². The van der Waals surface area contributed by atoms with Crippen LogP contribution < -0.4 is 0 Å². The van der Waals surface area contributed by atoms with Crippen molar-refractivity contribution in [3.05, 3.63) is 0 Å². The molecule has 0 aromatic heterocycles. The van der Waals surface area contributed by atoms with Crippen molar-refractivity contribution in [1.82, 2.24) is 0 Å². The van der Waals surface area contributed by atoms with Gasteiger partial charge in [0.25, 0.3) is 0 Å². The Morgan fingerprint density at radius 2 is 1.78 bits per heavy atom. The lowest BCUT2D eigenvalue weighted by Crippen LogP contribution is -2.36. The molecule has 0 unspecified atom stereocenters. The van der Waals surface area contributed by atoms with Crippen molar-refractivity contribution in [3.8, 4) is 0 Å². The van der Waals surface area contributed by atoms with Crippen LogP contribution in [0.3, 0.4) is 0 Å². The largest absolute Gasteiger partial charge is 0.394 e. The van der Waals surface area contributed by atoms with Gasteiger partial charge in [0, 0.05) is 0 Å². The van der Waals surface area contributed by atoms with Crippen LogP contribution in [0.4, 0.5) is 0 Å². The van der Waals surface area contributed by atoms with E-state index in [-0.39, 0.29) is 12.2 Å². The molecule has 0 spiro atoms. The topological polar surface area (TPSA) is 29.5 Å². The molecule has 18 heavy (non-hydrogen) atoms. The van der Waals surface area contributed by atoms with E-state index in [1.165, 1.54) is 64.2 Å². The summed E-state index contributed by atoms with van der Waals surface area (Å²) in [4.78, 5) is 0. The van der Waals surface area contributed by atoms with Crippen LogP contribution in [0.1, 0.15) is 78.1 Å². The fraction of sp³-hybridized carbons (Fsp3) is 1.00. The van der Waals surface area contributed by atoms with Gasteiger partial charge < -0.3 is 9.84 Å². The Bertz CT molecular complexity index is 195. The summed E-state index contributed by atoms with van der Waals surface area (Å²) in [6.07, 6.45) is 12.9. The van der Waals surface area contributed by atoms with E-state index < -0.39 is 0 Å². The second-order valence-corrected chi connectivity index (χ2v) is 6.31. The molecule has 0 aromatic carbocycles. The van der Waals surface area contributed by atoms with E-state index in [0.717, 1.165) is 5.92 Å². The normalized spacial score (nSPS) is 19.3. The van der Waals surface area contributed by atoms with Gasteiger partial charge in [-0.15, -0.1) is 0 Å². The summed E-state index contributed by atoms with van der Waals surface area (Å²) in [6.45, 7) is 5.28. The maximum atomic E-state index is 8.96. The molecule has 0 amide bonds. The van der Waals surface area contributed by atoms with Crippen molar-refractivity contribution >= 4 is 0 Å². The predicted octanol–water partition coefficient (Wildman–Crippen LogP) is 4.30. The third kappa shape index (κ3) is 6.19. The van der Waals surface area contributed by atoms with Gasteiger partial charge in [-0.05, 0) is 25.2 Å². The van der Waals surface area contributed by atoms with Crippen LogP contribution in [0.25, 0.3) is 0 Å². The molecule has 2 nitrogen and oxygen atoms in total. The quantitative estimate of drug-likeness (QED) is 0.623. The van der Waals surface area contributed by atoms with Crippen molar-refractivity contribution in [3.63, 3.8) is 0 Å². The van der Waals surface area contributed by atoms with Crippen molar-refractivity contribution in [1.29, 1.82) is 0 Å². The van der Waals surface area contributed by atoms with Crippen molar-refractivity contribution in [2.45, 2.75) is 83.7 Å². The Hall–Kier alpha value is -0.0800. The Morgan fingerprint density at radius 3 is 2.39 bits per heavy atom. The summed E-state index contributed by atoms with van der Waals surface area (Å²) in [5, 5.41) is 8.96. The minimum Gasteiger partial charge on any atom is -0.394 e. The predicted molar refractivity (Wildman–Crippen MR) is 76.8 cm³/mol. The Kier molecular flexibility index (Phi) is 7.92. The molecule has 1 aliphatic rings. The maximum Gasteiger partial charge on any atom is 0.0705 e. The van der Waals surface area contributed by atoms with E-state index in [2.05, 4.69) is 13.8 Å². The lowest BCUT2D eigenvalue weighted by molar-refractivity contribution is -0.0866. The number of hydrogen-bond acceptors (Lipinski definition) is 2. The summed E-state index contributed by atoms with van der Waals surface area (Å²) in [7, 11) is 0. The van der Waals surface area contributed by atoms with Gasteiger partial charge >= 0.3 is 0 Å². The van der Waals surface area contributed by atoms with Crippen LogP contribution in [0, 0.1) is 5.92 Å². The molecule has 1 saturated carbocycles. The molecule has 1 aliphatic carbocycles. The van der Waals surface area contributed by atoms with E-state index in [1.807, 2.05) is 0 Å². The molecule has 1 fully saturated rings. The lowest BCUT2D eigenvalue weighted by Gasteiger charge is -2.37. The zero-order chi connectivity index (χ0) is 13.3. The van der Waals surface area contributed by atoms with Gasteiger partial charge in [0.2, 0.25) is 0 Å². The zero-order valence-corrected chi connectivity index (χ0v) is 12.4. The Labute approximate surface area is 113 Å². The van der Waals surface area contributed by atoms with Gasteiger partial charge in [0.1, 0.15) is 0 Å². The van der Waals surface area contributed by atoms with Crippen molar-refractivity contribution in [2.75, 3.05) is 13.2 Å². The molecule has 0 heterocycles. The van der Waals surface area contributed by atoms with Crippen LogP contribution in [0.5, 0.6) is 0 Å². The zero-order valence-electron chi connectivity index (χ0n) is 12.4. The monoisotopic (exact) mass is 256 g/mol. The first kappa shape index (κ1) is 16.0. The van der Waals surface area contributed by atoms with Crippen LogP contribution in [0.15, 0.2) is 0 Å². The molecule has 0 aliphatic heterocycles. The van der Waals surface area contributed by atoms with E-state index in [0.29, 0.717) is 6.61 Å². The number of aliphatic hydroxyl groups excluding tert-OH is 1. The lowest BCUT2D eigenvalue weighted by atomic mass is 9.81.